The summed E-state index contributed by atoms with van der Waals surface area (Å²) in [5, 5.41) is 15.7. The second-order valence-corrected chi connectivity index (χ2v) is 8.10. The molecule has 7 nitrogen and oxygen atoms in total. The number of aldehydes is 1. The van der Waals surface area contributed by atoms with E-state index in [0.29, 0.717) is 48.6 Å². The van der Waals surface area contributed by atoms with Gasteiger partial charge in [0.25, 0.3) is 0 Å². The minimum atomic E-state index is -1.02. The van der Waals surface area contributed by atoms with Gasteiger partial charge in [-0.15, -0.1) is 0 Å². The summed E-state index contributed by atoms with van der Waals surface area (Å²) in [6.45, 7) is 5.48. The number of phenols is 1. The van der Waals surface area contributed by atoms with Gasteiger partial charge in [0, 0.05) is 18.7 Å². The summed E-state index contributed by atoms with van der Waals surface area (Å²) in [6, 6.07) is 7.35. The number of hydrogen-bond donors (Lipinski definition) is 3. The molecule has 8 heteroatoms. The van der Waals surface area contributed by atoms with E-state index in [2.05, 4.69) is 10.6 Å². The van der Waals surface area contributed by atoms with Crippen molar-refractivity contribution in [3.05, 3.63) is 47.3 Å². The van der Waals surface area contributed by atoms with Gasteiger partial charge in [-0.25, -0.2) is 4.39 Å². The molecule has 1 saturated heterocycles. The fourth-order valence-corrected chi connectivity index (χ4v) is 4.46. The first-order valence-electron chi connectivity index (χ1n) is 10.5. The summed E-state index contributed by atoms with van der Waals surface area (Å²) >= 11 is 0. The predicted molar refractivity (Wildman–Crippen MR) is 115 cm³/mol. The van der Waals surface area contributed by atoms with Gasteiger partial charge in [0.15, 0.2) is 6.29 Å². The molecule has 0 aliphatic carbocycles. The Hall–Kier alpha value is -3.13. The molecule has 0 bridgehead atoms. The first-order chi connectivity index (χ1) is 14.9. The summed E-state index contributed by atoms with van der Waals surface area (Å²) in [6.07, 6.45) is 1.95. The van der Waals surface area contributed by atoms with Gasteiger partial charge >= 0.3 is 0 Å². The molecule has 0 saturated carbocycles. The number of amides is 1. The van der Waals surface area contributed by atoms with Crippen LogP contribution >= 0.6 is 0 Å². The SMILES string of the molecule is CCNc1cc(F)cc2c1NC(=O)[C@]2(C)N1CCCC(Oc2ccc(O)c(C=O)c2)C1. The Morgan fingerprint density at radius 1 is 1.39 bits per heavy atom. The number of hydrogen-bond acceptors (Lipinski definition) is 6. The molecule has 0 radical (unpaired) electrons. The average molecular weight is 427 g/mol. The van der Waals surface area contributed by atoms with E-state index in [4.69, 9.17) is 4.74 Å². The molecular formula is C23H26FN3O4. The van der Waals surface area contributed by atoms with Crippen molar-refractivity contribution in [2.45, 2.75) is 38.3 Å². The Balaban J connectivity index is 1.60. The van der Waals surface area contributed by atoms with Crippen LogP contribution in [0.5, 0.6) is 11.5 Å². The molecule has 1 fully saturated rings. The van der Waals surface area contributed by atoms with Crippen LogP contribution in [0.15, 0.2) is 30.3 Å². The van der Waals surface area contributed by atoms with Gasteiger partial charge in [-0.1, -0.05) is 0 Å². The fourth-order valence-electron chi connectivity index (χ4n) is 4.46. The number of carbonyl (C=O) groups excluding carboxylic acids is 2. The lowest BCUT2D eigenvalue weighted by molar-refractivity contribution is -0.128. The van der Waals surface area contributed by atoms with Crippen molar-refractivity contribution in [3.63, 3.8) is 0 Å². The average Bonchev–Trinajstić information content (AvgIpc) is 3.01. The van der Waals surface area contributed by atoms with E-state index < -0.39 is 11.4 Å². The van der Waals surface area contributed by atoms with Crippen LogP contribution in [0.25, 0.3) is 0 Å². The minimum Gasteiger partial charge on any atom is -0.507 e. The van der Waals surface area contributed by atoms with Gasteiger partial charge in [-0.2, -0.15) is 0 Å². The van der Waals surface area contributed by atoms with E-state index in [1.165, 1.54) is 24.3 Å². The molecular weight excluding hydrogens is 401 g/mol. The van der Waals surface area contributed by atoms with Crippen molar-refractivity contribution in [2.24, 2.45) is 0 Å². The molecule has 0 spiro atoms. The number of carbonyl (C=O) groups is 2. The quantitative estimate of drug-likeness (QED) is 0.612. The monoisotopic (exact) mass is 427 g/mol. The van der Waals surface area contributed by atoms with Crippen LogP contribution in [0.3, 0.4) is 0 Å². The van der Waals surface area contributed by atoms with Gasteiger partial charge in [-0.3, -0.25) is 14.5 Å². The standard InChI is InChI=1S/C23H26FN3O4/c1-3-25-19-11-15(24)10-18-21(19)26-22(30)23(18,2)27-8-4-5-17(12-27)31-16-6-7-20(29)14(9-16)13-28/h6-7,9-11,13,17,25,29H,3-5,8,12H2,1-2H3,(H,26,30)/t17?,23-/m1/s1. The Morgan fingerprint density at radius 3 is 2.94 bits per heavy atom. The molecule has 2 aromatic rings. The van der Waals surface area contributed by atoms with Crippen LogP contribution in [0.4, 0.5) is 15.8 Å². The summed E-state index contributed by atoms with van der Waals surface area (Å²) < 4.78 is 20.4. The number of nitrogens with one attached hydrogen (secondary N) is 2. The normalized spacial score (nSPS) is 23.2. The first-order valence-corrected chi connectivity index (χ1v) is 10.5. The maximum atomic E-state index is 14.4. The lowest BCUT2D eigenvalue weighted by atomic mass is 9.88. The predicted octanol–water partition coefficient (Wildman–Crippen LogP) is 3.49. The number of anilines is 2. The molecule has 164 valence electrons. The molecule has 4 rings (SSSR count). The van der Waals surface area contributed by atoms with Crippen LogP contribution in [-0.2, 0) is 10.3 Å². The largest absolute Gasteiger partial charge is 0.507 e. The Bertz CT molecular complexity index is 1030. The Kier molecular flexibility index (Phi) is 5.58. The molecule has 2 aromatic carbocycles. The third-order valence-corrected chi connectivity index (χ3v) is 6.11. The van der Waals surface area contributed by atoms with Crippen molar-refractivity contribution >= 4 is 23.6 Å². The van der Waals surface area contributed by atoms with Gasteiger partial charge < -0.3 is 20.5 Å². The lowest BCUT2D eigenvalue weighted by Gasteiger charge is -2.42. The maximum Gasteiger partial charge on any atom is 0.249 e. The number of likely N-dealkylation sites (tertiary alicyclic amines) is 1. The molecule has 31 heavy (non-hydrogen) atoms. The highest BCUT2D eigenvalue weighted by Crippen LogP contribution is 2.45. The van der Waals surface area contributed by atoms with Crippen LogP contribution < -0.4 is 15.4 Å². The molecule has 1 unspecified atom stereocenters. The molecule has 2 aliphatic heterocycles. The maximum absolute atomic E-state index is 14.4. The summed E-state index contributed by atoms with van der Waals surface area (Å²) in [7, 11) is 0. The van der Waals surface area contributed by atoms with Crippen molar-refractivity contribution in [2.75, 3.05) is 30.3 Å². The van der Waals surface area contributed by atoms with Gasteiger partial charge in [0.1, 0.15) is 29.0 Å². The molecule has 3 N–H and O–H groups in total. The van der Waals surface area contributed by atoms with E-state index in [0.717, 1.165) is 12.8 Å². The summed E-state index contributed by atoms with van der Waals surface area (Å²) in [5.74, 6) is -0.208. The number of ether oxygens (including phenoxy) is 1. The zero-order chi connectivity index (χ0) is 22.2. The van der Waals surface area contributed by atoms with Crippen molar-refractivity contribution < 1.29 is 23.8 Å². The first kappa shape index (κ1) is 21.1. The minimum absolute atomic E-state index is 0.0992. The van der Waals surface area contributed by atoms with Gasteiger partial charge in [0.2, 0.25) is 5.91 Å². The van der Waals surface area contributed by atoms with E-state index in [1.807, 2.05) is 18.7 Å². The topological polar surface area (TPSA) is 90.9 Å². The second kappa shape index (κ2) is 8.19. The smallest absolute Gasteiger partial charge is 0.249 e. The number of fused-ring (bicyclic) bond motifs is 1. The van der Waals surface area contributed by atoms with Crippen LogP contribution in [-0.4, -0.2) is 47.9 Å². The number of benzene rings is 2. The second-order valence-electron chi connectivity index (χ2n) is 8.10. The number of aromatic hydroxyl groups is 1. The number of rotatable bonds is 6. The fraction of sp³-hybridized carbons (Fsp3) is 0.391. The van der Waals surface area contributed by atoms with Crippen LogP contribution in [0, 0.1) is 5.82 Å². The number of piperidine rings is 1. The van der Waals surface area contributed by atoms with Crippen molar-refractivity contribution in [1.82, 2.24) is 4.90 Å². The van der Waals surface area contributed by atoms with E-state index in [1.54, 1.807) is 6.07 Å². The zero-order valence-electron chi connectivity index (χ0n) is 17.6. The lowest BCUT2D eigenvalue weighted by Crippen LogP contribution is -2.54. The molecule has 2 heterocycles. The highest BCUT2D eigenvalue weighted by molar-refractivity contribution is 6.08. The number of halogens is 1. The Morgan fingerprint density at radius 2 is 2.19 bits per heavy atom. The summed E-state index contributed by atoms with van der Waals surface area (Å²) in [5.41, 5.74) is 0.944. The van der Waals surface area contributed by atoms with Crippen molar-refractivity contribution in [1.29, 1.82) is 0 Å². The number of phenolic OH excluding ortho intramolecular Hbond substituents is 1. The van der Waals surface area contributed by atoms with Gasteiger partial charge in [-0.05, 0) is 63.6 Å². The third-order valence-electron chi connectivity index (χ3n) is 6.11. The number of nitrogens with zero attached hydrogens (tertiary/aromatic N) is 1. The third kappa shape index (κ3) is 3.72. The summed E-state index contributed by atoms with van der Waals surface area (Å²) in [4.78, 5) is 26.2. The van der Waals surface area contributed by atoms with E-state index in [-0.39, 0.29) is 23.3 Å². The molecule has 0 aromatic heterocycles. The molecule has 2 aliphatic rings. The zero-order valence-corrected chi connectivity index (χ0v) is 17.6. The van der Waals surface area contributed by atoms with E-state index in [9.17, 15) is 19.1 Å². The highest BCUT2D eigenvalue weighted by atomic mass is 19.1. The van der Waals surface area contributed by atoms with Crippen molar-refractivity contribution in [3.8, 4) is 11.5 Å². The van der Waals surface area contributed by atoms with Crippen LogP contribution in [0.1, 0.15) is 42.6 Å². The Labute approximate surface area is 180 Å². The highest BCUT2D eigenvalue weighted by Gasteiger charge is 2.49. The van der Waals surface area contributed by atoms with E-state index >= 15 is 0 Å². The van der Waals surface area contributed by atoms with Gasteiger partial charge in [0.05, 0.1) is 16.9 Å². The molecule has 2 atom stereocenters. The molecule has 1 amide bonds. The van der Waals surface area contributed by atoms with Crippen LogP contribution in [0.2, 0.25) is 0 Å².